The highest BCUT2D eigenvalue weighted by Crippen LogP contribution is 2.40. The number of halogens is 1. The molecule has 1 aromatic heterocycles. The van der Waals surface area contributed by atoms with Gasteiger partial charge in [0.05, 0.1) is 7.11 Å². The van der Waals surface area contributed by atoms with Gasteiger partial charge in [0.1, 0.15) is 22.1 Å². The summed E-state index contributed by atoms with van der Waals surface area (Å²) >= 11 is 1.25. The molecule has 7 heteroatoms. The number of amides is 1. The molecule has 3 aromatic rings. The number of thiophene rings is 1. The second kappa shape index (κ2) is 8.87. The van der Waals surface area contributed by atoms with E-state index in [0.717, 1.165) is 10.4 Å². The normalized spacial score (nSPS) is 10.5. The molecule has 0 radical (unpaired) electrons. The molecule has 0 saturated heterocycles. The lowest BCUT2D eigenvalue weighted by atomic mass is 10.0. The van der Waals surface area contributed by atoms with E-state index in [2.05, 4.69) is 5.32 Å². The van der Waals surface area contributed by atoms with Crippen LogP contribution in [-0.4, -0.2) is 25.6 Å². The smallest absolute Gasteiger partial charge is 0.341 e. The van der Waals surface area contributed by atoms with E-state index in [0.29, 0.717) is 21.9 Å². The Morgan fingerprint density at radius 3 is 2.41 bits per heavy atom. The number of ether oxygens (including phenoxy) is 2. The van der Waals surface area contributed by atoms with Crippen LogP contribution in [0.2, 0.25) is 0 Å². The van der Waals surface area contributed by atoms with Crippen molar-refractivity contribution in [2.75, 3.05) is 19.0 Å². The molecule has 0 aliphatic carbocycles. The number of carbonyl (C=O) groups excluding carboxylic acids is 2. The minimum Gasteiger partial charge on any atom is -0.483 e. The molecule has 5 nitrogen and oxygen atoms in total. The zero-order valence-corrected chi connectivity index (χ0v) is 17.1. The summed E-state index contributed by atoms with van der Waals surface area (Å²) in [5.74, 6) is -0.734. The largest absolute Gasteiger partial charge is 0.483 e. The number of nitrogens with one attached hydrogen (secondary N) is 1. The molecule has 150 valence electrons. The van der Waals surface area contributed by atoms with Gasteiger partial charge in [-0.25, -0.2) is 9.18 Å². The van der Waals surface area contributed by atoms with Crippen LogP contribution in [0.3, 0.4) is 0 Å². The van der Waals surface area contributed by atoms with Crippen LogP contribution in [0.15, 0.2) is 48.5 Å². The van der Waals surface area contributed by atoms with E-state index < -0.39 is 11.9 Å². The Kier molecular flexibility index (Phi) is 6.29. The van der Waals surface area contributed by atoms with Crippen LogP contribution < -0.4 is 10.1 Å². The Morgan fingerprint density at radius 2 is 1.76 bits per heavy atom. The number of anilines is 1. The fraction of sp³-hybridized carbons (Fsp3) is 0.182. The van der Waals surface area contributed by atoms with E-state index >= 15 is 0 Å². The molecule has 0 atom stereocenters. The summed E-state index contributed by atoms with van der Waals surface area (Å²) in [7, 11) is 1.27. The highest BCUT2D eigenvalue weighted by molar-refractivity contribution is 7.17. The van der Waals surface area contributed by atoms with Crippen LogP contribution >= 0.6 is 11.3 Å². The molecule has 0 bridgehead atoms. The number of hydrogen-bond acceptors (Lipinski definition) is 5. The molecule has 0 fully saturated rings. The lowest BCUT2D eigenvalue weighted by Gasteiger charge is -2.10. The van der Waals surface area contributed by atoms with Crippen molar-refractivity contribution in [3.63, 3.8) is 0 Å². The maximum atomic E-state index is 13.3. The number of rotatable bonds is 6. The average molecular weight is 413 g/mol. The van der Waals surface area contributed by atoms with Gasteiger partial charge in [-0.15, -0.1) is 11.3 Å². The number of carbonyl (C=O) groups is 2. The summed E-state index contributed by atoms with van der Waals surface area (Å²) < 4.78 is 23.8. The van der Waals surface area contributed by atoms with Crippen molar-refractivity contribution in [3.05, 3.63) is 70.4 Å². The topological polar surface area (TPSA) is 64.6 Å². The number of aryl methyl sites for hydroxylation is 2. The summed E-state index contributed by atoms with van der Waals surface area (Å²) in [4.78, 5) is 25.7. The first-order chi connectivity index (χ1) is 13.9. The number of hydrogen-bond donors (Lipinski definition) is 1. The first-order valence-electron chi connectivity index (χ1n) is 8.86. The van der Waals surface area contributed by atoms with Crippen LogP contribution in [0.25, 0.3) is 11.1 Å². The van der Waals surface area contributed by atoms with Gasteiger partial charge in [-0.2, -0.15) is 0 Å². The summed E-state index contributed by atoms with van der Waals surface area (Å²) in [6.07, 6.45) is 0. The standard InChI is InChI=1S/C22H20FNO4S/c1-13-6-4-5-7-17(13)28-12-18(25)24-21-20(22(26)27-3)19(14(2)29-21)15-8-10-16(23)11-9-15/h4-11H,12H2,1-3H3,(H,24,25). The third kappa shape index (κ3) is 4.63. The Balaban J connectivity index is 1.86. The second-order valence-corrected chi connectivity index (χ2v) is 7.56. The van der Waals surface area contributed by atoms with Gasteiger partial charge in [-0.1, -0.05) is 30.3 Å². The van der Waals surface area contributed by atoms with Crippen molar-refractivity contribution in [2.24, 2.45) is 0 Å². The fourth-order valence-electron chi connectivity index (χ4n) is 2.92. The monoisotopic (exact) mass is 413 g/mol. The van der Waals surface area contributed by atoms with E-state index in [-0.39, 0.29) is 18.0 Å². The molecule has 3 rings (SSSR count). The van der Waals surface area contributed by atoms with E-state index in [1.807, 2.05) is 32.0 Å². The average Bonchev–Trinajstić information content (AvgIpc) is 3.03. The fourth-order valence-corrected chi connectivity index (χ4v) is 4.00. The SMILES string of the molecule is COC(=O)c1c(NC(=O)COc2ccccc2C)sc(C)c1-c1ccc(F)cc1. The lowest BCUT2D eigenvalue weighted by molar-refractivity contribution is -0.118. The van der Waals surface area contributed by atoms with E-state index in [9.17, 15) is 14.0 Å². The van der Waals surface area contributed by atoms with Crippen LogP contribution in [0.1, 0.15) is 20.8 Å². The van der Waals surface area contributed by atoms with Gasteiger partial charge in [0.25, 0.3) is 5.91 Å². The molecule has 1 heterocycles. The first-order valence-corrected chi connectivity index (χ1v) is 9.68. The Morgan fingerprint density at radius 1 is 1.07 bits per heavy atom. The number of benzene rings is 2. The molecule has 0 aliphatic heterocycles. The molecule has 0 spiro atoms. The van der Waals surface area contributed by atoms with E-state index in [1.165, 1.54) is 30.6 Å². The minimum atomic E-state index is -0.580. The summed E-state index contributed by atoms with van der Waals surface area (Å²) in [5, 5.41) is 3.11. The first kappa shape index (κ1) is 20.5. The van der Waals surface area contributed by atoms with Crippen molar-refractivity contribution in [3.8, 4) is 16.9 Å². The van der Waals surface area contributed by atoms with Gasteiger partial charge in [-0.05, 0) is 43.2 Å². The molecule has 1 N–H and O–H groups in total. The van der Waals surface area contributed by atoms with Crippen molar-refractivity contribution >= 4 is 28.2 Å². The van der Waals surface area contributed by atoms with Crippen molar-refractivity contribution in [2.45, 2.75) is 13.8 Å². The Labute approximate surface area is 172 Å². The van der Waals surface area contributed by atoms with Crippen molar-refractivity contribution in [1.29, 1.82) is 0 Å². The highest BCUT2D eigenvalue weighted by atomic mass is 32.1. The van der Waals surface area contributed by atoms with Crippen LogP contribution in [0, 0.1) is 19.7 Å². The van der Waals surface area contributed by atoms with Crippen molar-refractivity contribution in [1.82, 2.24) is 0 Å². The van der Waals surface area contributed by atoms with Gasteiger partial charge < -0.3 is 14.8 Å². The second-order valence-electron chi connectivity index (χ2n) is 6.34. The zero-order chi connectivity index (χ0) is 21.0. The predicted molar refractivity (Wildman–Crippen MR) is 111 cm³/mol. The highest BCUT2D eigenvalue weighted by Gasteiger charge is 2.25. The van der Waals surface area contributed by atoms with Gasteiger partial charge in [0.15, 0.2) is 6.61 Å². The van der Waals surface area contributed by atoms with Gasteiger partial charge in [-0.3, -0.25) is 4.79 Å². The summed E-state index contributed by atoms with van der Waals surface area (Å²) in [5.41, 5.74) is 2.43. The molecular formula is C22H20FNO4S. The summed E-state index contributed by atoms with van der Waals surface area (Å²) in [6.45, 7) is 3.52. The van der Waals surface area contributed by atoms with Crippen molar-refractivity contribution < 1.29 is 23.5 Å². The number of esters is 1. The molecular weight excluding hydrogens is 393 g/mol. The molecule has 0 unspecified atom stereocenters. The molecule has 29 heavy (non-hydrogen) atoms. The lowest BCUT2D eigenvalue weighted by Crippen LogP contribution is -2.21. The van der Waals surface area contributed by atoms with Gasteiger partial charge in [0.2, 0.25) is 0 Å². The van der Waals surface area contributed by atoms with Gasteiger partial charge in [0, 0.05) is 10.4 Å². The summed E-state index contributed by atoms with van der Waals surface area (Å²) in [6, 6.07) is 13.2. The van der Waals surface area contributed by atoms with Crippen LogP contribution in [0.5, 0.6) is 5.75 Å². The maximum absolute atomic E-state index is 13.3. The minimum absolute atomic E-state index is 0.200. The van der Waals surface area contributed by atoms with Crippen LogP contribution in [0.4, 0.5) is 9.39 Å². The maximum Gasteiger partial charge on any atom is 0.341 e. The van der Waals surface area contributed by atoms with Crippen LogP contribution in [-0.2, 0) is 9.53 Å². The molecule has 0 saturated carbocycles. The quantitative estimate of drug-likeness (QED) is 0.579. The third-order valence-electron chi connectivity index (χ3n) is 4.31. The molecule has 2 aromatic carbocycles. The number of para-hydroxylation sites is 1. The third-order valence-corrected chi connectivity index (χ3v) is 5.33. The van der Waals surface area contributed by atoms with E-state index in [1.54, 1.807) is 18.2 Å². The zero-order valence-electron chi connectivity index (χ0n) is 16.2. The number of methoxy groups -OCH3 is 1. The molecule has 1 amide bonds. The Bertz CT molecular complexity index is 1040. The Hall–Kier alpha value is -3.19. The van der Waals surface area contributed by atoms with Gasteiger partial charge >= 0.3 is 5.97 Å². The predicted octanol–water partition coefficient (Wildman–Crippen LogP) is 4.98. The van der Waals surface area contributed by atoms with E-state index in [4.69, 9.17) is 9.47 Å². The molecule has 0 aliphatic rings.